The van der Waals surface area contributed by atoms with Crippen molar-refractivity contribution in [1.29, 1.82) is 0 Å². The van der Waals surface area contributed by atoms with E-state index in [0.29, 0.717) is 6.42 Å². The van der Waals surface area contributed by atoms with Crippen molar-refractivity contribution in [3.05, 3.63) is 21.9 Å². The van der Waals surface area contributed by atoms with Gasteiger partial charge in [-0.15, -0.1) is 11.3 Å². The van der Waals surface area contributed by atoms with Gasteiger partial charge in [0.15, 0.2) is 6.04 Å². The molecule has 2 atom stereocenters. The summed E-state index contributed by atoms with van der Waals surface area (Å²) in [5.41, 5.74) is 0. The molecule has 0 aromatic carbocycles. The molecule has 0 bridgehead atoms. The number of hydrogen-bond acceptors (Lipinski definition) is 4. The zero-order chi connectivity index (χ0) is 14.4. The molecule has 4 N–H and O–H groups in total. The topological polar surface area (TPSA) is 98.7 Å². The molecule has 0 aliphatic heterocycles. The molecule has 0 aliphatic rings. The predicted octanol–water partition coefficient (Wildman–Crippen LogP) is 0.732. The lowest BCUT2D eigenvalue weighted by Crippen LogP contribution is -2.50. The van der Waals surface area contributed by atoms with E-state index in [1.807, 2.05) is 26.0 Å². The first kappa shape index (κ1) is 15.5. The SMILES string of the molecule is Cc1ccc(CC(C)NC(=O)N[C@H](CO)C(=O)O)s1. The molecular weight excluding hydrogens is 268 g/mol. The maximum Gasteiger partial charge on any atom is 0.328 e. The van der Waals surface area contributed by atoms with Gasteiger partial charge >= 0.3 is 12.0 Å². The molecule has 1 rings (SSSR count). The van der Waals surface area contributed by atoms with Crippen molar-refractivity contribution in [3.8, 4) is 0 Å². The highest BCUT2D eigenvalue weighted by Gasteiger charge is 2.19. The molecule has 1 aromatic heterocycles. The summed E-state index contributed by atoms with van der Waals surface area (Å²) < 4.78 is 0. The van der Waals surface area contributed by atoms with Gasteiger partial charge in [0.2, 0.25) is 0 Å². The Morgan fingerprint density at radius 1 is 1.37 bits per heavy atom. The molecule has 0 radical (unpaired) electrons. The number of amides is 2. The summed E-state index contributed by atoms with van der Waals surface area (Å²) >= 11 is 1.66. The minimum atomic E-state index is -1.28. The number of thiophene rings is 1. The standard InChI is InChI=1S/C12H18N2O4S/c1-7(5-9-4-3-8(2)19-9)13-12(18)14-10(6-15)11(16)17/h3-4,7,10,15H,5-6H2,1-2H3,(H,16,17)(H2,13,14,18)/t7?,10-/m1/s1. The number of carboxylic acid groups (broad SMARTS) is 1. The predicted molar refractivity (Wildman–Crippen MR) is 72.4 cm³/mol. The molecule has 0 fully saturated rings. The third kappa shape index (κ3) is 5.27. The van der Waals surface area contributed by atoms with Crippen LogP contribution in [0.2, 0.25) is 0 Å². The molecule has 0 saturated heterocycles. The fraction of sp³-hybridized carbons (Fsp3) is 0.500. The van der Waals surface area contributed by atoms with E-state index in [2.05, 4.69) is 10.6 Å². The van der Waals surface area contributed by atoms with Crippen molar-refractivity contribution in [1.82, 2.24) is 10.6 Å². The second-order valence-electron chi connectivity index (χ2n) is 4.31. The Morgan fingerprint density at radius 2 is 2.05 bits per heavy atom. The molecule has 2 amide bonds. The van der Waals surface area contributed by atoms with E-state index in [4.69, 9.17) is 10.2 Å². The summed E-state index contributed by atoms with van der Waals surface area (Å²) in [6, 6.07) is 2.02. The second kappa shape index (κ2) is 7.10. The largest absolute Gasteiger partial charge is 0.480 e. The monoisotopic (exact) mass is 286 g/mol. The Morgan fingerprint density at radius 3 is 2.53 bits per heavy atom. The number of urea groups is 1. The minimum absolute atomic E-state index is 0.119. The van der Waals surface area contributed by atoms with E-state index < -0.39 is 24.6 Å². The normalized spacial score (nSPS) is 13.6. The second-order valence-corrected chi connectivity index (χ2v) is 5.68. The quantitative estimate of drug-likeness (QED) is 0.619. The third-order valence-corrected chi connectivity index (χ3v) is 3.49. The number of hydrogen-bond donors (Lipinski definition) is 4. The number of aliphatic hydroxyl groups is 1. The molecular formula is C12H18N2O4S. The number of carbonyl (C=O) groups is 2. The van der Waals surface area contributed by atoms with Crippen molar-refractivity contribution in [3.63, 3.8) is 0 Å². The van der Waals surface area contributed by atoms with Crippen LogP contribution >= 0.6 is 11.3 Å². The van der Waals surface area contributed by atoms with Gasteiger partial charge in [-0.25, -0.2) is 9.59 Å². The fourth-order valence-electron chi connectivity index (χ4n) is 1.56. The van der Waals surface area contributed by atoms with Gasteiger partial charge in [0.25, 0.3) is 0 Å². The Balaban J connectivity index is 2.41. The molecule has 0 spiro atoms. The first-order valence-corrected chi connectivity index (χ1v) is 6.70. The van der Waals surface area contributed by atoms with Crippen LogP contribution in [0.5, 0.6) is 0 Å². The van der Waals surface area contributed by atoms with E-state index in [1.54, 1.807) is 11.3 Å². The number of aryl methyl sites for hydroxylation is 1. The van der Waals surface area contributed by atoms with Crippen LogP contribution in [0.25, 0.3) is 0 Å². The van der Waals surface area contributed by atoms with Crippen molar-refractivity contribution in [2.45, 2.75) is 32.4 Å². The van der Waals surface area contributed by atoms with E-state index >= 15 is 0 Å². The summed E-state index contributed by atoms with van der Waals surface area (Å²) in [5.74, 6) is -1.26. The Bertz CT molecular complexity index is 447. The molecule has 6 nitrogen and oxygen atoms in total. The van der Waals surface area contributed by atoms with Gasteiger partial charge in [-0.1, -0.05) is 0 Å². The van der Waals surface area contributed by atoms with Gasteiger partial charge in [-0.3, -0.25) is 0 Å². The van der Waals surface area contributed by atoms with Gasteiger partial charge in [0.1, 0.15) is 0 Å². The summed E-state index contributed by atoms with van der Waals surface area (Å²) in [6.07, 6.45) is 0.683. The number of aliphatic hydroxyl groups excluding tert-OH is 1. The van der Waals surface area contributed by atoms with Crippen LogP contribution in [-0.4, -0.2) is 40.9 Å². The highest BCUT2D eigenvalue weighted by molar-refractivity contribution is 7.11. The Labute approximate surface area is 115 Å². The Kier molecular flexibility index (Phi) is 5.78. The number of carbonyl (C=O) groups excluding carboxylic acids is 1. The summed E-state index contributed by atoms with van der Waals surface area (Å²) in [5, 5.41) is 22.3. The van der Waals surface area contributed by atoms with Crippen LogP contribution < -0.4 is 10.6 Å². The zero-order valence-electron chi connectivity index (χ0n) is 10.8. The lowest BCUT2D eigenvalue weighted by molar-refractivity contribution is -0.140. The first-order valence-electron chi connectivity index (χ1n) is 5.88. The lowest BCUT2D eigenvalue weighted by Gasteiger charge is -2.16. The molecule has 1 unspecified atom stereocenters. The van der Waals surface area contributed by atoms with Crippen LogP contribution in [0, 0.1) is 6.92 Å². The van der Waals surface area contributed by atoms with Crippen molar-refractivity contribution >= 4 is 23.3 Å². The van der Waals surface area contributed by atoms with Crippen LogP contribution in [0.15, 0.2) is 12.1 Å². The highest BCUT2D eigenvalue weighted by atomic mass is 32.1. The molecule has 0 saturated carbocycles. The average molecular weight is 286 g/mol. The first-order chi connectivity index (χ1) is 8.92. The van der Waals surface area contributed by atoms with Crippen LogP contribution in [0.1, 0.15) is 16.7 Å². The number of rotatable bonds is 6. The van der Waals surface area contributed by atoms with E-state index in [-0.39, 0.29) is 6.04 Å². The number of nitrogens with one attached hydrogen (secondary N) is 2. The van der Waals surface area contributed by atoms with Crippen LogP contribution in [0.3, 0.4) is 0 Å². The fourth-order valence-corrected chi connectivity index (χ4v) is 2.58. The van der Waals surface area contributed by atoms with Crippen molar-refractivity contribution in [2.24, 2.45) is 0 Å². The Hall–Kier alpha value is -1.60. The van der Waals surface area contributed by atoms with Gasteiger partial charge in [0, 0.05) is 22.2 Å². The molecule has 1 heterocycles. The summed E-state index contributed by atoms with van der Waals surface area (Å²) in [6.45, 7) is 3.21. The van der Waals surface area contributed by atoms with Gasteiger partial charge < -0.3 is 20.8 Å². The molecule has 1 aromatic rings. The summed E-state index contributed by atoms with van der Waals surface area (Å²) in [7, 11) is 0. The maximum absolute atomic E-state index is 11.5. The minimum Gasteiger partial charge on any atom is -0.480 e. The third-order valence-electron chi connectivity index (χ3n) is 2.47. The van der Waals surface area contributed by atoms with Crippen molar-refractivity contribution < 1.29 is 19.8 Å². The van der Waals surface area contributed by atoms with Gasteiger partial charge in [-0.05, 0) is 26.0 Å². The smallest absolute Gasteiger partial charge is 0.328 e. The average Bonchev–Trinajstić information content (AvgIpc) is 2.70. The zero-order valence-corrected chi connectivity index (χ0v) is 11.7. The molecule has 0 aliphatic carbocycles. The van der Waals surface area contributed by atoms with Crippen LogP contribution in [0.4, 0.5) is 4.79 Å². The van der Waals surface area contributed by atoms with Gasteiger partial charge in [0.05, 0.1) is 6.61 Å². The number of carboxylic acids is 1. The lowest BCUT2D eigenvalue weighted by atomic mass is 10.2. The van der Waals surface area contributed by atoms with Crippen LogP contribution in [-0.2, 0) is 11.2 Å². The summed E-state index contributed by atoms with van der Waals surface area (Å²) in [4.78, 5) is 24.5. The molecule has 7 heteroatoms. The highest BCUT2D eigenvalue weighted by Crippen LogP contribution is 2.16. The van der Waals surface area contributed by atoms with E-state index in [1.165, 1.54) is 4.88 Å². The molecule has 106 valence electrons. The number of aliphatic carboxylic acids is 1. The maximum atomic E-state index is 11.5. The van der Waals surface area contributed by atoms with E-state index in [0.717, 1.165) is 4.88 Å². The van der Waals surface area contributed by atoms with E-state index in [9.17, 15) is 9.59 Å². The van der Waals surface area contributed by atoms with Gasteiger partial charge in [-0.2, -0.15) is 0 Å². The molecule has 19 heavy (non-hydrogen) atoms. The van der Waals surface area contributed by atoms with Crippen molar-refractivity contribution in [2.75, 3.05) is 6.61 Å².